The number of rotatable bonds is 4. The summed E-state index contributed by atoms with van der Waals surface area (Å²) >= 11 is 0. The van der Waals surface area contributed by atoms with E-state index in [2.05, 4.69) is 10.6 Å². The molecule has 1 heterocycles. The zero-order valence-corrected chi connectivity index (χ0v) is 11.2. The zero-order chi connectivity index (χ0) is 13.8. The van der Waals surface area contributed by atoms with Gasteiger partial charge in [0, 0.05) is 13.1 Å². The molecular formula is C10H17ClF3N3O2. The first kappa shape index (κ1) is 18.0. The Balaban J connectivity index is 0.00000324. The van der Waals surface area contributed by atoms with E-state index >= 15 is 0 Å². The molecule has 112 valence electrons. The molecule has 0 aromatic carbocycles. The van der Waals surface area contributed by atoms with E-state index in [9.17, 15) is 22.8 Å². The molecule has 0 saturated carbocycles. The van der Waals surface area contributed by atoms with Gasteiger partial charge in [-0.2, -0.15) is 13.2 Å². The third kappa shape index (κ3) is 5.23. The Bertz CT molecular complexity index is 326. The van der Waals surface area contributed by atoms with Crippen molar-refractivity contribution in [2.24, 2.45) is 5.92 Å². The van der Waals surface area contributed by atoms with Crippen molar-refractivity contribution in [2.75, 3.05) is 20.1 Å². The fourth-order valence-electron chi connectivity index (χ4n) is 1.74. The van der Waals surface area contributed by atoms with Crippen LogP contribution in [0.25, 0.3) is 0 Å². The van der Waals surface area contributed by atoms with Crippen LogP contribution < -0.4 is 16.0 Å². The van der Waals surface area contributed by atoms with E-state index in [1.807, 2.05) is 5.32 Å². The van der Waals surface area contributed by atoms with Crippen molar-refractivity contribution < 1.29 is 22.8 Å². The van der Waals surface area contributed by atoms with Crippen molar-refractivity contribution in [2.45, 2.75) is 25.1 Å². The van der Waals surface area contributed by atoms with E-state index in [4.69, 9.17) is 0 Å². The van der Waals surface area contributed by atoms with Gasteiger partial charge in [-0.15, -0.1) is 12.4 Å². The first-order valence-electron chi connectivity index (χ1n) is 5.65. The molecule has 0 aromatic heterocycles. The molecule has 5 nitrogen and oxygen atoms in total. The van der Waals surface area contributed by atoms with Crippen LogP contribution in [-0.2, 0) is 9.59 Å². The number of halogens is 4. The van der Waals surface area contributed by atoms with Crippen molar-refractivity contribution in [1.82, 2.24) is 16.0 Å². The molecule has 9 heteroatoms. The molecule has 1 rings (SSSR count). The van der Waals surface area contributed by atoms with E-state index in [-0.39, 0.29) is 25.2 Å². The van der Waals surface area contributed by atoms with Crippen LogP contribution in [-0.4, -0.2) is 44.2 Å². The fourth-order valence-corrected chi connectivity index (χ4v) is 1.74. The number of alkyl halides is 3. The lowest BCUT2D eigenvalue weighted by atomic mass is 9.93. The summed E-state index contributed by atoms with van der Waals surface area (Å²) in [7, 11) is 1.70. The molecule has 3 N–H and O–H groups in total. The van der Waals surface area contributed by atoms with Crippen LogP contribution in [0.4, 0.5) is 13.2 Å². The lowest BCUT2D eigenvalue weighted by molar-refractivity contribution is -0.171. The number of amides is 2. The summed E-state index contributed by atoms with van der Waals surface area (Å²) in [4.78, 5) is 23.0. The van der Waals surface area contributed by atoms with Crippen LogP contribution in [0, 0.1) is 5.92 Å². The normalized spacial score (nSPS) is 23.3. The maximum Gasteiger partial charge on any atom is 0.408 e. The minimum atomic E-state index is -4.46. The van der Waals surface area contributed by atoms with Gasteiger partial charge in [0.05, 0.1) is 0 Å². The Morgan fingerprint density at radius 2 is 2.00 bits per heavy atom. The second kappa shape index (κ2) is 7.54. The average molecular weight is 304 g/mol. The van der Waals surface area contributed by atoms with Gasteiger partial charge in [-0.3, -0.25) is 9.59 Å². The summed E-state index contributed by atoms with van der Waals surface area (Å²) in [5, 5.41) is 7.13. The average Bonchev–Trinajstić information content (AvgIpc) is 2.27. The van der Waals surface area contributed by atoms with E-state index < -0.39 is 30.0 Å². The highest BCUT2D eigenvalue weighted by atomic mass is 35.5. The number of hydrogen-bond donors (Lipinski definition) is 3. The maximum atomic E-state index is 12.4. The van der Waals surface area contributed by atoms with Gasteiger partial charge >= 0.3 is 6.18 Å². The second-order valence-corrected chi connectivity index (χ2v) is 4.13. The van der Waals surface area contributed by atoms with Gasteiger partial charge in [0.1, 0.15) is 12.0 Å². The van der Waals surface area contributed by atoms with Crippen LogP contribution in [0.1, 0.15) is 12.8 Å². The molecule has 1 saturated heterocycles. The third-order valence-corrected chi connectivity index (χ3v) is 2.76. The molecule has 19 heavy (non-hydrogen) atoms. The number of piperidine rings is 1. The largest absolute Gasteiger partial charge is 0.408 e. The zero-order valence-electron chi connectivity index (χ0n) is 10.3. The van der Waals surface area contributed by atoms with Gasteiger partial charge < -0.3 is 16.0 Å². The highest BCUT2D eigenvalue weighted by Crippen LogP contribution is 2.28. The molecule has 1 aliphatic rings. The number of likely N-dealkylation sites (N-methyl/N-ethyl adjacent to an activating group) is 1. The summed E-state index contributed by atoms with van der Waals surface area (Å²) in [5.74, 6) is -2.41. The fraction of sp³-hybridized carbons (Fsp3) is 0.800. The van der Waals surface area contributed by atoms with Crippen LogP contribution in [0.5, 0.6) is 0 Å². The van der Waals surface area contributed by atoms with Crippen molar-refractivity contribution >= 4 is 24.2 Å². The number of carbonyl (C=O) groups excluding carboxylic acids is 2. The van der Waals surface area contributed by atoms with Gasteiger partial charge in [0.25, 0.3) is 0 Å². The molecular weight excluding hydrogens is 287 g/mol. The Hall–Kier alpha value is -1.02. The van der Waals surface area contributed by atoms with Crippen LogP contribution >= 0.6 is 12.4 Å². The molecule has 0 aromatic rings. The second-order valence-electron chi connectivity index (χ2n) is 4.13. The molecule has 2 amide bonds. The van der Waals surface area contributed by atoms with Gasteiger partial charge in [-0.1, -0.05) is 0 Å². The maximum absolute atomic E-state index is 12.4. The van der Waals surface area contributed by atoms with Gasteiger partial charge in [-0.25, -0.2) is 0 Å². The number of carbonyl (C=O) groups is 2. The summed E-state index contributed by atoms with van der Waals surface area (Å²) in [6.07, 6.45) is -4.80. The van der Waals surface area contributed by atoms with Crippen molar-refractivity contribution in [3.63, 3.8) is 0 Å². The van der Waals surface area contributed by atoms with E-state index in [0.29, 0.717) is 13.1 Å². The Labute approximate surface area is 115 Å². The summed E-state index contributed by atoms with van der Waals surface area (Å²) < 4.78 is 37.1. The molecule has 1 aliphatic heterocycles. The smallest absolute Gasteiger partial charge is 0.354 e. The van der Waals surface area contributed by atoms with E-state index in [1.165, 1.54) is 0 Å². The molecule has 0 spiro atoms. The minimum Gasteiger partial charge on any atom is -0.354 e. The lowest BCUT2D eigenvalue weighted by Crippen LogP contribution is -2.54. The quantitative estimate of drug-likeness (QED) is 0.513. The predicted molar refractivity (Wildman–Crippen MR) is 64.9 cm³/mol. The highest BCUT2D eigenvalue weighted by Gasteiger charge is 2.45. The molecule has 0 aliphatic carbocycles. The Morgan fingerprint density at radius 1 is 1.37 bits per heavy atom. The number of nitrogens with one attached hydrogen (secondary N) is 3. The number of hydrogen-bond acceptors (Lipinski definition) is 3. The standard InChI is InChI=1S/C10H16F3N3O2.ClH/c1-14-4-5-15-8(17)6-2-3-7(10(11,12)13)16-9(6)18;/h6-7,14H,2-5H2,1H3,(H,15,17)(H,16,18);1H. The summed E-state index contributed by atoms with van der Waals surface area (Å²) in [5.41, 5.74) is 0. The highest BCUT2D eigenvalue weighted by molar-refractivity contribution is 6.00. The van der Waals surface area contributed by atoms with Crippen molar-refractivity contribution in [1.29, 1.82) is 0 Å². The lowest BCUT2D eigenvalue weighted by Gasteiger charge is -2.29. The van der Waals surface area contributed by atoms with Gasteiger partial charge in [0.2, 0.25) is 11.8 Å². The Kier molecular flexibility index (Phi) is 7.14. The summed E-state index contributed by atoms with van der Waals surface area (Å²) in [6, 6.07) is -1.84. The third-order valence-electron chi connectivity index (χ3n) is 2.76. The first-order valence-corrected chi connectivity index (χ1v) is 5.65. The van der Waals surface area contributed by atoms with Crippen LogP contribution in [0.3, 0.4) is 0 Å². The van der Waals surface area contributed by atoms with Gasteiger partial charge in [-0.05, 0) is 19.9 Å². The first-order chi connectivity index (χ1) is 8.36. The molecule has 2 unspecified atom stereocenters. The minimum absolute atomic E-state index is 0. The van der Waals surface area contributed by atoms with Crippen molar-refractivity contribution in [3.8, 4) is 0 Å². The van der Waals surface area contributed by atoms with Crippen molar-refractivity contribution in [3.05, 3.63) is 0 Å². The van der Waals surface area contributed by atoms with Gasteiger partial charge in [0.15, 0.2) is 0 Å². The van der Waals surface area contributed by atoms with Crippen LogP contribution in [0.2, 0.25) is 0 Å². The molecule has 0 bridgehead atoms. The predicted octanol–water partition coefficient (Wildman–Crippen LogP) is 0.201. The molecule has 1 fully saturated rings. The van der Waals surface area contributed by atoms with E-state index in [1.54, 1.807) is 7.05 Å². The molecule has 0 radical (unpaired) electrons. The van der Waals surface area contributed by atoms with Crippen LogP contribution in [0.15, 0.2) is 0 Å². The Morgan fingerprint density at radius 3 is 2.47 bits per heavy atom. The van der Waals surface area contributed by atoms with E-state index in [0.717, 1.165) is 0 Å². The molecule has 2 atom stereocenters. The SMILES string of the molecule is CNCCNC(=O)C1CCC(C(F)(F)F)NC1=O.Cl. The summed E-state index contributed by atoms with van der Waals surface area (Å²) in [6.45, 7) is 0.868. The monoisotopic (exact) mass is 303 g/mol. The topological polar surface area (TPSA) is 70.2 Å².